The predicted octanol–water partition coefficient (Wildman–Crippen LogP) is 6.19. The number of carbonyl (C=O) groups is 1. The largest absolute Gasteiger partial charge is 0.502 e. The van der Waals surface area contributed by atoms with Gasteiger partial charge in [0.15, 0.2) is 0 Å². The van der Waals surface area contributed by atoms with Crippen molar-refractivity contribution in [1.82, 2.24) is 0 Å². The number of esters is 1. The number of aliphatic hydroxyl groups is 1. The Hall–Kier alpha value is -1.77. The van der Waals surface area contributed by atoms with Crippen molar-refractivity contribution in [2.45, 2.75) is 71.1 Å². The molecule has 0 heterocycles. The summed E-state index contributed by atoms with van der Waals surface area (Å²) in [7, 11) is 1.23. The lowest BCUT2D eigenvalue weighted by molar-refractivity contribution is -0.139. The minimum atomic E-state index is -0.732. The van der Waals surface area contributed by atoms with Crippen molar-refractivity contribution in [3.63, 3.8) is 0 Å². The molecule has 0 aromatic carbocycles. The number of hydrogen-bond donors (Lipinski definition) is 1. The second-order valence-corrected chi connectivity index (χ2v) is 5.86. The Morgan fingerprint density at radius 2 is 1.38 bits per heavy atom. The molecule has 136 valence electrons. The van der Waals surface area contributed by atoms with Gasteiger partial charge in [0.1, 0.15) is 0 Å². The topological polar surface area (TPSA) is 46.5 Å². The fraction of sp³-hybridized carbons (Fsp3) is 0.571. The van der Waals surface area contributed by atoms with Crippen LogP contribution in [0.5, 0.6) is 0 Å². The molecule has 0 aliphatic rings. The summed E-state index contributed by atoms with van der Waals surface area (Å²) < 4.78 is 4.37. The first-order valence-corrected chi connectivity index (χ1v) is 9.19. The summed E-state index contributed by atoms with van der Waals surface area (Å²) in [6.07, 6.45) is 26.0. The van der Waals surface area contributed by atoms with Crippen LogP contribution in [-0.2, 0) is 9.53 Å². The Balaban J connectivity index is 3.53. The van der Waals surface area contributed by atoms with Gasteiger partial charge in [-0.05, 0) is 18.9 Å². The number of unbranched alkanes of at least 4 members (excludes halogenated alkanes) is 9. The molecule has 0 unspecified atom stereocenters. The van der Waals surface area contributed by atoms with Crippen LogP contribution < -0.4 is 0 Å². The molecule has 24 heavy (non-hydrogen) atoms. The lowest BCUT2D eigenvalue weighted by atomic mass is 10.1. The predicted molar refractivity (Wildman–Crippen MR) is 102 cm³/mol. The molecule has 3 heteroatoms. The minimum Gasteiger partial charge on any atom is -0.502 e. The molecule has 0 saturated heterocycles. The first-order valence-electron chi connectivity index (χ1n) is 9.19. The molecule has 0 aromatic rings. The Kier molecular flexibility index (Phi) is 16.3. The van der Waals surface area contributed by atoms with Crippen molar-refractivity contribution in [2.75, 3.05) is 7.11 Å². The average Bonchev–Trinajstić information content (AvgIpc) is 2.60. The van der Waals surface area contributed by atoms with E-state index in [4.69, 9.17) is 0 Å². The highest BCUT2D eigenvalue weighted by Crippen LogP contribution is 2.10. The van der Waals surface area contributed by atoms with Gasteiger partial charge < -0.3 is 9.84 Å². The van der Waals surface area contributed by atoms with Crippen LogP contribution in [0, 0.1) is 0 Å². The lowest BCUT2D eigenvalue weighted by Gasteiger charge is -2.00. The van der Waals surface area contributed by atoms with Crippen LogP contribution in [0.3, 0.4) is 0 Å². The van der Waals surface area contributed by atoms with E-state index in [1.807, 2.05) is 18.2 Å². The van der Waals surface area contributed by atoms with Crippen molar-refractivity contribution in [3.8, 4) is 0 Å². The number of ether oxygens (including phenoxy) is 1. The summed E-state index contributed by atoms with van der Waals surface area (Å²) in [5.41, 5.74) is 0. The molecule has 0 fully saturated rings. The zero-order valence-electron chi connectivity index (χ0n) is 15.4. The van der Waals surface area contributed by atoms with E-state index < -0.39 is 11.7 Å². The molecule has 0 radical (unpaired) electrons. The second-order valence-electron chi connectivity index (χ2n) is 5.86. The molecule has 1 N–H and O–H groups in total. The van der Waals surface area contributed by atoms with Crippen LogP contribution in [0.15, 0.2) is 48.3 Å². The Morgan fingerprint density at radius 1 is 0.833 bits per heavy atom. The van der Waals surface area contributed by atoms with Crippen LogP contribution >= 0.6 is 0 Å². The van der Waals surface area contributed by atoms with Gasteiger partial charge in [-0.1, -0.05) is 94.7 Å². The number of allylic oxidation sites excluding steroid dienone is 7. The quantitative estimate of drug-likeness (QED) is 0.135. The van der Waals surface area contributed by atoms with E-state index in [2.05, 4.69) is 17.7 Å². The molecular formula is C21H34O3. The van der Waals surface area contributed by atoms with Gasteiger partial charge in [-0.3, -0.25) is 0 Å². The molecule has 0 amide bonds. The third-order valence-electron chi connectivity index (χ3n) is 3.70. The zero-order valence-corrected chi connectivity index (χ0v) is 15.4. The van der Waals surface area contributed by atoms with Gasteiger partial charge in [-0.25, -0.2) is 4.79 Å². The Morgan fingerprint density at radius 3 is 2.00 bits per heavy atom. The lowest BCUT2D eigenvalue weighted by Crippen LogP contribution is -2.02. The van der Waals surface area contributed by atoms with Crippen LogP contribution in [0.25, 0.3) is 0 Å². The number of rotatable bonds is 14. The SMILES string of the molecule is CCCCCCCCCCCC=CC=CC=CC=C(O)C(=O)OC. The van der Waals surface area contributed by atoms with E-state index in [1.54, 1.807) is 12.2 Å². The van der Waals surface area contributed by atoms with E-state index in [9.17, 15) is 9.90 Å². The number of methoxy groups -OCH3 is 1. The third-order valence-corrected chi connectivity index (χ3v) is 3.70. The summed E-state index contributed by atoms with van der Waals surface area (Å²) >= 11 is 0. The summed E-state index contributed by atoms with van der Waals surface area (Å²) in [6, 6.07) is 0. The molecule has 0 spiro atoms. The van der Waals surface area contributed by atoms with Crippen molar-refractivity contribution < 1.29 is 14.6 Å². The molecule has 0 atom stereocenters. The maximum atomic E-state index is 10.9. The first kappa shape index (κ1) is 22.2. The molecule has 0 aliphatic heterocycles. The molecular weight excluding hydrogens is 300 g/mol. The van der Waals surface area contributed by atoms with E-state index >= 15 is 0 Å². The van der Waals surface area contributed by atoms with Gasteiger partial charge in [0.25, 0.3) is 0 Å². The smallest absolute Gasteiger partial charge is 0.373 e. The highest BCUT2D eigenvalue weighted by molar-refractivity contribution is 5.85. The van der Waals surface area contributed by atoms with Crippen molar-refractivity contribution in [3.05, 3.63) is 48.3 Å². The van der Waals surface area contributed by atoms with Gasteiger partial charge in [-0.2, -0.15) is 0 Å². The fourth-order valence-corrected chi connectivity index (χ4v) is 2.26. The van der Waals surface area contributed by atoms with Gasteiger partial charge in [0, 0.05) is 0 Å². The van der Waals surface area contributed by atoms with Crippen molar-refractivity contribution in [1.29, 1.82) is 0 Å². The van der Waals surface area contributed by atoms with Crippen LogP contribution in [0.2, 0.25) is 0 Å². The van der Waals surface area contributed by atoms with E-state index in [1.165, 1.54) is 71.0 Å². The minimum absolute atomic E-state index is 0.400. The fourth-order valence-electron chi connectivity index (χ4n) is 2.26. The molecule has 0 saturated carbocycles. The normalized spacial score (nSPS) is 12.7. The Bertz CT molecular complexity index is 417. The first-order chi connectivity index (χ1) is 11.7. The maximum Gasteiger partial charge on any atom is 0.373 e. The average molecular weight is 335 g/mol. The van der Waals surface area contributed by atoms with Gasteiger partial charge >= 0.3 is 5.97 Å². The standard InChI is InChI=1S/C21H34O3/c1-3-4-5-6-7-8-9-10-11-12-13-14-15-16-17-18-19-20(22)21(23)24-2/h13-19,22H,3-12H2,1-2H3. The molecule has 0 aromatic heterocycles. The number of hydrogen-bond acceptors (Lipinski definition) is 3. The number of carbonyl (C=O) groups excluding carboxylic acids is 1. The maximum absolute atomic E-state index is 10.9. The summed E-state index contributed by atoms with van der Waals surface area (Å²) in [5.74, 6) is -1.13. The number of aliphatic hydroxyl groups excluding tert-OH is 1. The van der Waals surface area contributed by atoms with Gasteiger partial charge in [0.05, 0.1) is 7.11 Å². The van der Waals surface area contributed by atoms with Crippen LogP contribution in [-0.4, -0.2) is 18.2 Å². The summed E-state index contributed by atoms with van der Waals surface area (Å²) in [5, 5.41) is 9.23. The highest BCUT2D eigenvalue weighted by atomic mass is 16.5. The van der Waals surface area contributed by atoms with E-state index in [-0.39, 0.29) is 0 Å². The monoisotopic (exact) mass is 334 g/mol. The van der Waals surface area contributed by atoms with Gasteiger partial charge in [0.2, 0.25) is 5.76 Å². The van der Waals surface area contributed by atoms with E-state index in [0.29, 0.717) is 0 Å². The van der Waals surface area contributed by atoms with Gasteiger partial charge in [-0.15, -0.1) is 0 Å². The van der Waals surface area contributed by atoms with Crippen molar-refractivity contribution >= 4 is 5.97 Å². The molecule has 0 bridgehead atoms. The van der Waals surface area contributed by atoms with E-state index in [0.717, 1.165) is 6.42 Å². The Labute approximate surface area is 147 Å². The third kappa shape index (κ3) is 15.1. The molecule has 3 nitrogen and oxygen atoms in total. The van der Waals surface area contributed by atoms with Crippen LogP contribution in [0.4, 0.5) is 0 Å². The van der Waals surface area contributed by atoms with Crippen molar-refractivity contribution in [2.24, 2.45) is 0 Å². The molecule has 0 aliphatic carbocycles. The zero-order chi connectivity index (χ0) is 17.9. The van der Waals surface area contributed by atoms with Crippen LogP contribution in [0.1, 0.15) is 71.1 Å². The molecule has 0 rings (SSSR count). The highest BCUT2D eigenvalue weighted by Gasteiger charge is 2.03. The summed E-state index contributed by atoms with van der Waals surface area (Å²) in [4.78, 5) is 10.9. The summed E-state index contributed by atoms with van der Waals surface area (Å²) in [6.45, 7) is 2.26. The second kappa shape index (κ2) is 17.6.